The molecule has 3 atom stereocenters. The van der Waals surface area contributed by atoms with E-state index in [1.54, 1.807) is 0 Å². The fourth-order valence-corrected chi connectivity index (χ4v) is 4.99. The Labute approximate surface area is 130 Å². The Bertz CT molecular complexity index is 454. The molecule has 1 saturated carbocycles. The number of hydrogen-bond donors (Lipinski definition) is 1. The highest BCUT2D eigenvalue weighted by atomic mass is 16.3. The second-order valence-electron chi connectivity index (χ2n) is 8.01. The Hall–Kier alpha value is -0.820. The standard InChI is InChI=1S/C20H32O/c1-6-15(2)8-10-17-16(14-21)9-11-18-19(3,4)12-7-13-20(17,18)5/h6,8-9,17-18,21H,1,7,10-14H2,2-5H3/b15-8+/t17-,18-,20+/m0/s1. The molecule has 0 aromatic carbocycles. The van der Waals surface area contributed by atoms with Crippen molar-refractivity contribution in [3.63, 3.8) is 0 Å². The van der Waals surface area contributed by atoms with Crippen molar-refractivity contribution in [1.82, 2.24) is 0 Å². The molecule has 0 heterocycles. The van der Waals surface area contributed by atoms with Gasteiger partial charge in [-0.1, -0.05) is 57.6 Å². The summed E-state index contributed by atoms with van der Waals surface area (Å²) >= 11 is 0. The summed E-state index contributed by atoms with van der Waals surface area (Å²) < 4.78 is 0. The van der Waals surface area contributed by atoms with Crippen molar-refractivity contribution in [1.29, 1.82) is 0 Å². The molecule has 2 aliphatic rings. The summed E-state index contributed by atoms with van der Waals surface area (Å²) in [6.45, 7) is 13.5. The summed E-state index contributed by atoms with van der Waals surface area (Å²) in [7, 11) is 0. The van der Waals surface area contributed by atoms with Crippen molar-refractivity contribution in [3.8, 4) is 0 Å². The fraction of sp³-hybridized carbons (Fsp3) is 0.700. The van der Waals surface area contributed by atoms with Gasteiger partial charge in [0.05, 0.1) is 6.61 Å². The zero-order valence-corrected chi connectivity index (χ0v) is 14.3. The van der Waals surface area contributed by atoms with E-state index in [1.165, 1.54) is 30.4 Å². The summed E-state index contributed by atoms with van der Waals surface area (Å²) in [5, 5.41) is 9.81. The monoisotopic (exact) mass is 288 g/mol. The molecule has 1 heteroatoms. The van der Waals surface area contributed by atoms with E-state index < -0.39 is 0 Å². The molecular formula is C20H32O. The van der Waals surface area contributed by atoms with Crippen molar-refractivity contribution >= 4 is 0 Å². The quantitative estimate of drug-likeness (QED) is 0.551. The topological polar surface area (TPSA) is 20.2 Å². The van der Waals surface area contributed by atoms with Crippen LogP contribution in [-0.4, -0.2) is 11.7 Å². The number of aliphatic hydroxyl groups is 1. The van der Waals surface area contributed by atoms with Crippen molar-refractivity contribution in [3.05, 3.63) is 36.0 Å². The van der Waals surface area contributed by atoms with Gasteiger partial charge in [0.25, 0.3) is 0 Å². The Kier molecular flexibility index (Phi) is 4.82. The maximum Gasteiger partial charge on any atom is 0.0644 e. The molecular weight excluding hydrogens is 256 g/mol. The number of rotatable bonds is 4. The van der Waals surface area contributed by atoms with E-state index in [1.807, 2.05) is 6.08 Å². The normalized spacial score (nSPS) is 35.9. The predicted octanol–water partition coefficient (Wildman–Crippen LogP) is 5.28. The fourth-order valence-electron chi connectivity index (χ4n) is 4.99. The minimum absolute atomic E-state index is 0.217. The number of allylic oxidation sites excluding steroid dienone is 4. The molecule has 0 saturated heterocycles. The maximum absolute atomic E-state index is 9.81. The van der Waals surface area contributed by atoms with Crippen LogP contribution in [0.15, 0.2) is 36.0 Å². The van der Waals surface area contributed by atoms with Crippen LogP contribution in [0, 0.1) is 22.7 Å². The molecule has 0 aromatic rings. The molecule has 0 aromatic heterocycles. The number of fused-ring (bicyclic) bond motifs is 1. The molecule has 118 valence electrons. The lowest BCUT2D eigenvalue weighted by Crippen LogP contribution is -2.48. The summed E-state index contributed by atoms with van der Waals surface area (Å²) in [5.74, 6) is 1.22. The lowest BCUT2D eigenvalue weighted by molar-refractivity contribution is -0.0390. The van der Waals surface area contributed by atoms with Crippen LogP contribution in [0.5, 0.6) is 0 Å². The Morgan fingerprint density at radius 2 is 2.10 bits per heavy atom. The van der Waals surface area contributed by atoms with Crippen LogP contribution in [-0.2, 0) is 0 Å². The average molecular weight is 288 g/mol. The van der Waals surface area contributed by atoms with Crippen LogP contribution in [0.4, 0.5) is 0 Å². The van der Waals surface area contributed by atoms with Gasteiger partial charge in [0, 0.05) is 0 Å². The third-order valence-corrected chi connectivity index (χ3v) is 6.32. The van der Waals surface area contributed by atoms with Crippen LogP contribution in [0.1, 0.15) is 59.8 Å². The SMILES string of the molecule is C=C/C(C)=C/C[C@H]1C(CO)=CC[C@H]2C(C)(C)CCC[C@]12C. The first-order valence-corrected chi connectivity index (χ1v) is 8.44. The molecule has 0 unspecified atom stereocenters. The van der Waals surface area contributed by atoms with E-state index >= 15 is 0 Å². The van der Waals surface area contributed by atoms with E-state index in [-0.39, 0.29) is 6.61 Å². The molecule has 1 nitrogen and oxygen atoms in total. The zero-order valence-electron chi connectivity index (χ0n) is 14.3. The first-order chi connectivity index (χ1) is 9.85. The first-order valence-electron chi connectivity index (χ1n) is 8.44. The minimum atomic E-state index is 0.217. The van der Waals surface area contributed by atoms with Gasteiger partial charge in [-0.2, -0.15) is 0 Å². The first kappa shape index (κ1) is 16.5. The van der Waals surface area contributed by atoms with E-state index in [9.17, 15) is 5.11 Å². The summed E-state index contributed by atoms with van der Waals surface area (Å²) in [5.41, 5.74) is 3.25. The van der Waals surface area contributed by atoms with Crippen LogP contribution in [0.3, 0.4) is 0 Å². The lowest BCUT2D eigenvalue weighted by Gasteiger charge is -2.57. The maximum atomic E-state index is 9.81. The third kappa shape index (κ3) is 3.04. The second-order valence-corrected chi connectivity index (χ2v) is 8.01. The highest BCUT2D eigenvalue weighted by Gasteiger charge is 2.51. The second kappa shape index (κ2) is 6.12. The Morgan fingerprint density at radius 1 is 1.38 bits per heavy atom. The third-order valence-electron chi connectivity index (χ3n) is 6.32. The van der Waals surface area contributed by atoms with Crippen molar-refractivity contribution < 1.29 is 5.11 Å². The van der Waals surface area contributed by atoms with Crippen LogP contribution in [0.2, 0.25) is 0 Å². The highest BCUT2D eigenvalue weighted by molar-refractivity contribution is 5.23. The number of aliphatic hydroxyl groups excluding tert-OH is 1. The van der Waals surface area contributed by atoms with Gasteiger partial charge in [0.15, 0.2) is 0 Å². The van der Waals surface area contributed by atoms with Gasteiger partial charge < -0.3 is 5.11 Å². The number of hydrogen-bond acceptors (Lipinski definition) is 1. The van der Waals surface area contributed by atoms with Crippen molar-refractivity contribution in [2.75, 3.05) is 6.61 Å². The van der Waals surface area contributed by atoms with Gasteiger partial charge in [-0.15, -0.1) is 0 Å². The summed E-state index contributed by atoms with van der Waals surface area (Å²) in [6.07, 6.45) is 12.7. The van der Waals surface area contributed by atoms with E-state index in [0.717, 1.165) is 18.8 Å². The molecule has 0 aliphatic heterocycles. The molecule has 0 radical (unpaired) electrons. The zero-order chi connectivity index (χ0) is 15.7. The van der Waals surface area contributed by atoms with Crippen LogP contribution < -0.4 is 0 Å². The molecule has 0 spiro atoms. The van der Waals surface area contributed by atoms with Gasteiger partial charge in [-0.05, 0) is 60.8 Å². The van der Waals surface area contributed by atoms with E-state index in [4.69, 9.17) is 0 Å². The molecule has 0 bridgehead atoms. The average Bonchev–Trinajstić information content (AvgIpc) is 2.43. The van der Waals surface area contributed by atoms with E-state index in [0.29, 0.717) is 16.7 Å². The van der Waals surface area contributed by atoms with Gasteiger partial charge >= 0.3 is 0 Å². The van der Waals surface area contributed by atoms with Gasteiger partial charge in [-0.25, -0.2) is 0 Å². The Morgan fingerprint density at radius 3 is 2.71 bits per heavy atom. The largest absolute Gasteiger partial charge is 0.392 e. The minimum Gasteiger partial charge on any atom is -0.392 e. The summed E-state index contributed by atoms with van der Waals surface area (Å²) in [4.78, 5) is 0. The molecule has 1 N–H and O–H groups in total. The van der Waals surface area contributed by atoms with E-state index in [2.05, 4.69) is 46.4 Å². The molecule has 21 heavy (non-hydrogen) atoms. The van der Waals surface area contributed by atoms with Crippen molar-refractivity contribution in [2.24, 2.45) is 22.7 Å². The molecule has 1 fully saturated rings. The summed E-state index contributed by atoms with van der Waals surface area (Å²) in [6, 6.07) is 0. The predicted molar refractivity (Wildman–Crippen MR) is 91.1 cm³/mol. The molecule has 2 aliphatic carbocycles. The van der Waals surface area contributed by atoms with Crippen LogP contribution >= 0.6 is 0 Å². The van der Waals surface area contributed by atoms with Gasteiger partial charge in [0.2, 0.25) is 0 Å². The lowest BCUT2D eigenvalue weighted by atomic mass is 9.48. The molecule has 2 rings (SSSR count). The van der Waals surface area contributed by atoms with Crippen molar-refractivity contribution in [2.45, 2.75) is 59.8 Å². The smallest absolute Gasteiger partial charge is 0.0644 e. The van der Waals surface area contributed by atoms with Crippen LogP contribution in [0.25, 0.3) is 0 Å². The van der Waals surface area contributed by atoms with Gasteiger partial charge in [0.1, 0.15) is 0 Å². The van der Waals surface area contributed by atoms with Gasteiger partial charge in [-0.3, -0.25) is 0 Å². The highest BCUT2D eigenvalue weighted by Crippen LogP contribution is 2.60. The molecule has 0 amide bonds. The Balaban J connectivity index is 2.35.